The molecule has 0 aliphatic carbocycles. The number of aromatic amines is 1. The number of hydrogen-bond donors (Lipinski definition) is 3. The number of amides is 1. The van der Waals surface area contributed by atoms with E-state index in [4.69, 9.17) is 24.7 Å². The van der Waals surface area contributed by atoms with E-state index in [1.54, 1.807) is 12.1 Å². The van der Waals surface area contributed by atoms with Gasteiger partial charge in [-0.15, -0.1) is 0 Å². The number of rotatable bonds is 8. The smallest absolute Gasteiger partial charge is 0.411 e. The summed E-state index contributed by atoms with van der Waals surface area (Å²) in [5.41, 5.74) is 6.08. The number of pyridine rings is 1. The van der Waals surface area contributed by atoms with Crippen molar-refractivity contribution < 1.29 is 32.2 Å². The van der Waals surface area contributed by atoms with Crippen molar-refractivity contribution in [1.29, 1.82) is 0 Å². The van der Waals surface area contributed by atoms with Crippen molar-refractivity contribution in [3.63, 3.8) is 0 Å². The molecule has 0 saturated carbocycles. The summed E-state index contributed by atoms with van der Waals surface area (Å²) in [6.45, 7) is -0.0599. The molecule has 156 valence electrons. The van der Waals surface area contributed by atoms with Crippen molar-refractivity contribution in [2.75, 3.05) is 27.9 Å². The van der Waals surface area contributed by atoms with Crippen LogP contribution in [-0.4, -0.2) is 58.6 Å². The fourth-order valence-corrected chi connectivity index (χ4v) is 3.83. The van der Waals surface area contributed by atoms with Crippen molar-refractivity contribution in [2.24, 2.45) is 5.73 Å². The number of fused-ring (bicyclic) bond motifs is 3. The summed E-state index contributed by atoms with van der Waals surface area (Å²) in [7, 11) is 0.388. The van der Waals surface area contributed by atoms with Gasteiger partial charge in [0.15, 0.2) is 6.29 Å². The molecule has 12 heteroatoms. The lowest BCUT2D eigenvalue weighted by molar-refractivity contribution is -0.0960. The number of carbonyl (C=O) groups excluding carboxylic acids is 1. The minimum absolute atomic E-state index is 0.0324. The molecule has 3 rings (SSSR count). The van der Waals surface area contributed by atoms with E-state index in [9.17, 15) is 13.2 Å². The van der Waals surface area contributed by atoms with Gasteiger partial charge in [0.25, 0.3) is 5.88 Å². The standard InChI is InChI=1S/C17H20N4O7S/c1-25-13-7-11-10-6-9(29(23,24)19-8-14(26-2)27-3)4-5-12(10)20-15(11)16(21-13)28-17(18)22/h4-7,14,19-20H,8H2,1-3H3,(H2,18,22). The van der Waals surface area contributed by atoms with E-state index in [1.165, 1.54) is 33.5 Å². The second-order valence-electron chi connectivity index (χ2n) is 5.90. The first-order chi connectivity index (χ1) is 13.8. The molecule has 0 atom stereocenters. The number of hydrogen-bond acceptors (Lipinski definition) is 8. The zero-order valence-corrected chi connectivity index (χ0v) is 16.7. The highest BCUT2D eigenvalue weighted by Gasteiger charge is 2.20. The molecule has 29 heavy (non-hydrogen) atoms. The third kappa shape index (κ3) is 4.24. The van der Waals surface area contributed by atoms with Gasteiger partial charge in [0.05, 0.1) is 18.6 Å². The molecular formula is C17H20N4O7S. The lowest BCUT2D eigenvalue weighted by Crippen LogP contribution is -2.34. The SMILES string of the molecule is COc1cc2c([nH]c3ccc(S(=O)(=O)NCC(OC)OC)cc32)c(OC(N)=O)n1. The van der Waals surface area contributed by atoms with Crippen molar-refractivity contribution in [3.05, 3.63) is 24.3 Å². The number of ether oxygens (including phenoxy) is 4. The number of carbonyl (C=O) groups is 1. The predicted octanol–water partition coefficient (Wildman–Crippen LogP) is 1.08. The molecule has 0 aliphatic heterocycles. The van der Waals surface area contributed by atoms with Crippen molar-refractivity contribution in [3.8, 4) is 11.8 Å². The highest BCUT2D eigenvalue weighted by atomic mass is 32.2. The number of nitrogens with two attached hydrogens (primary N) is 1. The molecule has 11 nitrogen and oxygen atoms in total. The Morgan fingerprint density at radius 3 is 2.55 bits per heavy atom. The van der Waals surface area contributed by atoms with Gasteiger partial charge in [-0.2, -0.15) is 4.98 Å². The van der Waals surface area contributed by atoms with E-state index in [0.717, 1.165) is 0 Å². The van der Waals surface area contributed by atoms with Crippen LogP contribution in [0, 0.1) is 0 Å². The highest BCUT2D eigenvalue weighted by molar-refractivity contribution is 7.89. The molecule has 1 amide bonds. The van der Waals surface area contributed by atoms with Crippen LogP contribution in [0.4, 0.5) is 4.79 Å². The molecular weight excluding hydrogens is 404 g/mol. The molecule has 2 aromatic heterocycles. The summed E-state index contributed by atoms with van der Waals surface area (Å²) >= 11 is 0. The van der Waals surface area contributed by atoms with Gasteiger partial charge in [-0.05, 0) is 18.2 Å². The number of benzene rings is 1. The average Bonchev–Trinajstić information content (AvgIpc) is 3.06. The first kappa shape index (κ1) is 20.8. The van der Waals surface area contributed by atoms with Crippen molar-refractivity contribution in [1.82, 2.24) is 14.7 Å². The van der Waals surface area contributed by atoms with E-state index in [0.29, 0.717) is 21.8 Å². The summed E-state index contributed by atoms with van der Waals surface area (Å²) in [4.78, 5) is 18.3. The Balaban J connectivity index is 2.09. The Morgan fingerprint density at radius 2 is 1.93 bits per heavy atom. The van der Waals surface area contributed by atoms with Crippen LogP contribution in [0.3, 0.4) is 0 Å². The second kappa shape index (κ2) is 8.21. The maximum atomic E-state index is 12.7. The van der Waals surface area contributed by atoms with Gasteiger partial charge in [-0.3, -0.25) is 0 Å². The monoisotopic (exact) mass is 424 g/mol. The van der Waals surface area contributed by atoms with Crippen LogP contribution in [0.25, 0.3) is 21.8 Å². The number of methoxy groups -OCH3 is 3. The number of primary amides is 1. The first-order valence-electron chi connectivity index (χ1n) is 8.32. The Morgan fingerprint density at radius 1 is 1.21 bits per heavy atom. The average molecular weight is 424 g/mol. The molecule has 0 saturated heterocycles. The number of sulfonamides is 1. The lowest BCUT2D eigenvalue weighted by atomic mass is 10.2. The third-order valence-corrected chi connectivity index (χ3v) is 5.61. The molecule has 4 N–H and O–H groups in total. The molecule has 0 fully saturated rings. The molecule has 3 aromatic rings. The Hall–Kier alpha value is -2.93. The first-order valence-corrected chi connectivity index (χ1v) is 9.80. The topological polar surface area (TPSA) is 155 Å². The largest absolute Gasteiger partial charge is 0.481 e. The lowest BCUT2D eigenvalue weighted by Gasteiger charge is -2.14. The molecule has 0 aliphatic rings. The summed E-state index contributed by atoms with van der Waals surface area (Å²) in [5.74, 6) is 0.0951. The van der Waals surface area contributed by atoms with Crippen LogP contribution in [0.15, 0.2) is 29.2 Å². The van der Waals surface area contributed by atoms with Crippen LogP contribution in [-0.2, 0) is 19.5 Å². The van der Waals surface area contributed by atoms with E-state index >= 15 is 0 Å². The molecule has 0 radical (unpaired) electrons. The van der Waals surface area contributed by atoms with Gasteiger partial charge < -0.3 is 29.7 Å². The second-order valence-corrected chi connectivity index (χ2v) is 7.67. The number of nitrogens with one attached hydrogen (secondary N) is 2. The van der Waals surface area contributed by atoms with Crippen LogP contribution >= 0.6 is 0 Å². The molecule has 0 unspecified atom stereocenters. The van der Waals surface area contributed by atoms with Gasteiger partial charge in [0, 0.05) is 36.6 Å². The van der Waals surface area contributed by atoms with Crippen molar-refractivity contribution >= 4 is 37.9 Å². The van der Waals surface area contributed by atoms with E-state index < -0.39 is 22.4 Å². The molecule has 0 spiro atoms. The highest BCUT2D eigenvalue weighted by Crippen LogP contribution is 2.34. The van der Waals surface area contributed by atoms with E-state index in [1.807, 2.05) is 0 Å². The third-order valence-electron chi connectivity index (χ3n) is 4.19. The van der Waals surface area contributed by atoms with Gasteiger partial charge in [0.2, 0.25) is 15.9 Å². The fraction of sp³-hybridized carbons (Fsp3) is 0.294. The Labute approximate surface area is 166 Å². The van der Waals surface area contributed by atoms with E-state index in [2.05, 4.69) is 14.7 Å². The minimum atomic E-state index is -3.83. The van der Waals surface area contributed by atoms with E-state index in [-0.39, 0.29) is 23.2 Å². The van der Waals surface area contributed by atoms with Gasteiger partial charge in [-0.1, -0.05) is 0 Å². The summed E-state index contributed by atoms with van der Waals surface area (Å²) in [5, 5.41) is 1.11. The van der Waals surface area contributed by atoms with Gasteiger partial charge in [-0.25, -0.2) is 17.9 Å². The molecule has 0 bridgehead atoms. The maximum Gasteiger partial charge on any atom is 0.411 e. The van der Waals surface area contributed by atoms with Crippen LogP contribution in [0.5, 0.6) is 11.8 Å². The van der Waals surface area contributed by atoms with Gasteiger partial charge in [0.1, 0.15) is 5.52 Å². The van der Waals surface area contributed by atoms with Crippen LogP contribution in [0.2, 0.25) is 0 Å². The van der Waals surface area contributed by atoms with Crippen LogP contribution < -0.4 is 19.9 Å². The molecule has 1 aromatic carbocycles. The summed E-state index contributed by atoms with van der Waals surface area (Å²) < 4.78 is 47.8. The number of aromatic nitrogens is 2. The summed E-state index contributed by atoms with van der Waals surface area (Å²) in [6, 6.07) is 6.11. The normalized spacial score (nSPS) is 12.0. The van der Waals surface area contributed by atoms with Crippen LogP contribution in [0.1, 0.15) is 0 Å². The summed E-state index contributed by atoms with van der Waals surface area (Å²) in [6.07, 6.45) is -1.76. The van der Waals surface area contributed by atoms with Crippen molar-refractivity contribution in [2.45, 2.75) is 11.2 Å². The number of H-pyrrole nitrogens is 1. The quantitative estimate of drug-likeness (QED) is 0.454. The molecule has 2 heterocycles. The maximum absolute atomic E-state index is 12.7. The Bertz CT molecular complexity index is 1160. The predicted molar refractivity (Wildman–Crippen MR) is 103 cm³/mol. The minimum Gasteiger partial charge on any atom is -0.481 e. The fourth-order valence-electron chi connectivity index (χ4n) is 2.79. The van der Waals surface area contributed by atoms with Gasteiger partial charge >= 0.3 is 6.09 Å². The number of nitrogens with zero attached hydrogens (tertiary/aromatic N) is 1. The Kier molecular flexibility index (Phi) is 5.88. The zero-order valence-electron chi connectivity index (χ0n) is 15.9. The zero-order chi connectivity index (χ0) is 21.2.